The van der Waals surface area contributed by atoms with Gasteiger partial charge >= 0.3 is 0 Å². The molecule has 0 amide bonds. The van der Waals surface area contributed by atoms with Gasteiger partial charge in [-0.1, -0.05) is 36.4 Å². The van der Waals surface area contributed by atoms with E-state index >= 15 is 0 Å². The molecule has 0 spiro atoms. The third kappa shape index (κ3) is 3.20. The van der Waals surface area contributed by atoms with Crippen LogP contribution in [0, 0.1) is 11.3 Å². The maximum absolute atomic E-state index is 13.2. The van der Waals surface area contributed by atoms with Crippen molar-refractivity contribution in [3.63, 3.8) is 0 Å². The van der Waals surface area contributed by atoms with Crippen LogP contribution >= 0.6 is 0 Å². The summed E-state index contributed by atoms with van der Waals surface area (Å²) in [4.78, 5) is 13.2. The number of hydrogen-bond acceptors (Lipinski definition) is 6. The first kappa shape index (κ1) is 18.1. The van der Waals surface area contributed by atoms with Gasteiger partial charge in [0.25, 0.3) is 0 Å². The van der Waals surface area contributed by atoms with Crippen LogP contribution in [0.2, 0.25) is 0 Å². The fourth-order valence-corrected chi connectivity index (χ4v) is 3.38. The number of aliphatic hydroxyl groups is 2. The van der Waals surface area contributed by atoms with Gasteiger partial charge in [0.05, 0.1) is 18.8 Å². The number of Topliss-reactive ketones (excluding diaryl/α,β-unsaturated/α-hetero) is 1. The number of nitriles is 1. The molecule has 1 aliphatic heterocycles. The standard InChI is InChI=1S/C20H20N2O4/c1-26-20-13(8-15(24)11-23)7-14-10-22-16(9-21)17(18(14)19(20)25)12-5-3-2-4-6-12/h2-7,10,15-16,20,22-24H,8,11H2,1H3/t15-,16?,20?/m0/s1. The Kier molecular flexibility index (Phi) is 5.33. The normalized spacial score (nSPS) is 23.4. The van der Waals surface area contributed by atoms with E-state index in [-0.39, 0.29) is 12.2 Å². The summed E-state index contributed by atoms with van der Waals surface area (Å²) in [7, 11) is 1.43. The maximum atomic E-state index is 13.2. The third-order valence-electron chi connectivity index (χ3n) is 4.55. The molecule has 1 aromatic carbocycles. The summed E-state index contributed by atoms with van der Waals surface area (Å²) < 4.78 is 5.39. The smallest absolute Gasteiger partial charge is 0.196 e. The van der Waals surface area contributed by atoms with E-state index in [2.05, 4.69) is 11.4 Å². The van der Waals surface area contributed by atoms with E-state index in [1.165, 1.54) is 7.11 Å². The van der Waals surface area contributed by atoms with Crippen LogP contribution < -0.4 is 5.32 Å². The highest BCUT2D eigenvalue weighted by Gasteiger charge is 2.38. The van der Waals surface area contributed by atoms with Gasteiger partial charge in [0.2, 0.25) is 0 Å². The van der Waals surface area contributed by atoms with Gasteiger partial charge < -0.3 is 20.3 Å². The molecule has 3 N–H and O–H groups in total. The highest BCUT2D eigenvalue weighted by molar-refractivity contribution is 6.13. The number of allylic oxidation sites excluding steroid dienone is 2. The van der Waals surface area contributed by atoms with Gasteiger partial charge in [-0.05, 0) is 17.6 Å². The first-order valence-corrected chi connectivity index (χ1v) is 8.32. The summed E-state index contributed by atoms with van der Waals surface area (Å²) in [5.41, 5.74) is 3.11. The second kappa shape index (κ2) is 7.67. The van der Waals surface area contributed by atoms with Gasteiger partial charge in [0.15, 0.2) is 5.78 Å². The molecular formula is C20H20N2O4. The molecule has 0 saturated heterocycles. The van der Waals surface area contributed by atoms with Gasteiger partial charge in [0, 0.05) is 30.0 Å². The van der Waals surface area contributed by atoms with Crippen LogP contribution in [-0.2, 0) is 9.53 Å². The highest BCUT2D eigenvalue weighted by Crippen LogP contribution is 2.37. The summed E-state index contributed by atoms with van der Waals surface area (Å²) in [6.45, 7) is -0.395. The summed E-state index contributed by atoms with van der Waals surface area (Å²) >= 11 is 0. The van der Waals surface area contributed by atoms with Crippen LogP contribution in [0.25, 0.3) is 5.57 Å². The minimum Gasteiger partial charge on any atom is -0.394 e. The lowest BCUT2D eigenvalue weighted by Crippen LogP contribution is -2.38. The Hall–Kier alpha value is -2.72. The van der Waals surface area contributed by atoms with Gasteiger partial charge in [-0.2, -0.15) is 5.26 Å². The number of fused-ring (bicyclic) bond motifs is 1. The van der Waals surface area contributed by atoms with Gasteiger partial charge in [-0.25, -0.2) is 0 Å². The highest BCUT2D eigenvalue weighted by atomic mass is 16.5. The lowest BCUT2D eigenvalue weighted by molar-refractivity contribution is -0.123. The Morgan fingerprint density at radius 2 is 2.08 bits per heavy atom. The summed E-state index contributed by atoms with van der Waals surface area (Å²) in [6.07, 6.45) is 1.75. The molecule has 0 saturated carbocycles. The Bertz CT molecular complexity index is 833. The Balaban J connectivity index is 2.15. The second-order valence-electron chi connectivity index (χ2n) is 6.22. The summed E-state index contributed by atoms with van der Waals surface area (Å²) in [6, 6.07) is 10.9. The van der Waals surface area contributed by atoms with Gasteiger partial charge in [0.1, 0.15) is 12.1 Å². The molecule has 0 radical (unpaired) electrons. The fraction of sp³-hybridized carbons (Fsp3) is 0.300. The van der Waals surface area contributed by atoms with E-state index in [1.54, 1.807) is 12.3 Å². The molecule has 6 nitrogen and oxygen atoms in total. The minimum absolute atomic E-state index is 0.133. The molecule has 26 heavy (non-hydrogen) atoms. The molecule has 0 bridgehead atoms. The number of dihydropyridines is 1. The number of rotatable bonds is 5. The van der Waals surface area contributed by atoms with Crippen LogP contribution in [0.15, 0.2) is 59.3 Å². The van der Waals surface area contributed by atoms with Crippen molar-refractivity contribution in [3.8, 4) is 6.07 Å². The lowest BCUT2D eigenvalue weighted by atomic mass is 9.78. The molecule has 1 aliphatic carbocycles. The molecule has 2 aliphatic rings. The predicted octanol–water partition coefficient (Wildman–Crippen LogP) is 1.09. The maximum Gasteiger partial charge on any atom is 0.196 e. The first-order valence-electron chi connectivity index (χ1n) is 8.32. The van der Waals surface area contributed by atoms with Crippen molar-refractivity contribution in [1.29, 1.82) is 5.26 Å². The number of methoxy groups -OCH3 is 1. The van der Waals surface area contributed by atoms with Crippen LogP contribution in [0.5, 0.6) is 0 Å². The van der Waals surface area contributed by atoms with E-state index in [0.717, 1.165) is 5.56 Å². The van der Waals surface area contributed by atoms with Crippen LogP contribution in [0.4, 0.5) is 0 Å². The monoisotopic (exact) mass is 352 g/mol. The summed E-state index contributed by atoms with van der Waals surface area (Å²) in [5, 5.41) is 31.4. The van der Waals surface area contributed by atoms with Crippen molar-refractivity contribution in [2.24, 2.45) is 0 Å². The molecule has 3 atom stereocenters. The second-order valence-corrected chi connectivity index (χ2v) is 6.22. The number of carbonyl (C=O) groups is 1. The largest absolute Gasteiger partial charge is 0.394 e. The predicted molar refractivity (Wildman–Crippen MR) is 95.6 cm³/mol. The van der Waals surface area contributed by atoms with E-state index in [4.69, 9.17) is 9.84 Å². The molecule has 2 unspecified atom stereocenters. The number of carbonyl (C=O) groups excluding carboxylic acids is 1. The molecule has 6 heteroatoms. The van der Waals surface area contributed by atoms with E-state index in [9.17, 15) is 15.2 Å². The average Bonchev–Trinajstić information content (AvgIpc) is 2.68. The zero-order valence-corrected chi connectivity index (χ0v) is 14.3. The first-order chi connectivity index (χ1) is 12.6. The lowest BCUT2D eigenvalue weighted by Gasteiger charge is -2.32. The number of ketones is 1. The van der Waals surface area contributed by atoms with E-state index in [1.807, 2.05) is 30.3 Å². The zero-order chi connectivity index (χ0) is 18.7. The van der Waals surface area contributed by atoms with Crippen LogP contribution in [0.3, 0.4) is 0 Å². The molecule has 1 heterocycles. The number of aliphatic hydroxyl groups excluding tert-OH is 2. The molecule has 3 rings (SSSR count). The molecular weight excluding hydrogens is 332 g/mol. The molecule has 0 aromatic heterocycles. The third-order valence-corrected chi connectivity index (χ3v) is 4.55. The zero-order valence-electron chi connectivity index (χ0n) is 14.3. The number of ether oxygens (including phenoxy) is 1. The Labute approximate surface area is 151 Å². The molecule has 0 fully saturated rings. The van der Waals surface area contributed by atoms with Crippen molar-refractivity contribution in [1.82, 2.24) is 5.32 Å². The number of hydrogen-bond donors (Lipinski definition) is 3. The average molecular weight is 352 g/mol. The molecule has 1 aromatic rings. The van der Waals surface area contributed by atoms with Crippen LogP contribution in [-0.4, -0.2) is 48.0 Å². The van der Waals surface area contributed by atoms with Gasteiger partial charge in [-0.3, -0.25) is 4.79 Å². The van der Waals surface area contributed by atoms with Crippen molar-refractivity contribution in [2.75, 3.05) is 13.7 Å². The van der Waals surface area contributed by atoms with Crippen molar-refractivity contribution in [3.05, 3.63) is 64.9 Å². The number of nitrogens with zero attached hydrogens (tertiary/aromatic N) is 1. The minimum atomic E-state index is -0.963. The SMILES string of the molecule is COC1C(=O)C2=C(c3ccccc3)C(C#N)NC=C2C=C1C[C@H](O)CO. The van der Waals surface area contributed by atoms with E-state index in [0.29, 0.717) is 22.3 Å². The van der Waals surface area contributed by atoms with Crippen molar-refractivity contribution >= 4 is 11.4 Å². The van der Waals surface area contributed by atoms with E-state index < -0.39 is 24.9 Å². The van der Waals surface area contributed by atoms with Crippen molar-refractivity contribution < 1.29 is 19.7 Å². The Morgan fingerprint density at radius 1 is 1.35 bits per heavy atom. The van der Waals surface area contributed by atoms with Crippen LogP contribution in [0.1, 0.15) is 12.0 Å². The van der Waals surface area contributed by atoms with Crippen molar-refractivity contribution in [2.45, 2.75) is 24.7 Å². The summed E-state index contributed by atoms with van der Waals surface area (Å²) in [5.74, 6) is -0.248. The topological polar surface area (TPSA) is 103 Å². The fourth-order valence-electron chi connectivity index (χ4n) is 3.38. The Morgan fingerprint density at radius 3 is 2.69 bits per heavy atom. The molecule has 134 valence electrons. The number of nitrogens with one attached hydrogen (secondary N) is 1. The number of benzene rings is 1. The quantitative estimate of drug-likeness (QED) is 0.733. The van der Waals surface area contributed by atoms with Gasteiger partial charge in [-0.15, -0.1) is 0 Å².